The number of allylic oxidation sites excluding steroid dienone is 1. The van der Waals surface area contributed by atoms with Crippen LogP contribution in [-0.2, 0) is 25.5 Å². The Morgan fingerprint density at radius 3 is 2.54 bits per heavy atom. The molecule has 6 nitrogen and oxygen atoms in total. The number of ether oxygens (including phenoxy) is 3. The van der Waals surface area contributed by atoms with Crippen molar-refractivity contribution in [3.05, 3.63) is 40.3 Å². The van der Waals surface area contributed by atoms with Gasteiger partial charge in [-0.15, -0.1) is 0 Å². The number of hydrogen-bond donors (Lipinski definition) is 1. The van der Waals surface area contributed by atoms with Crippen LogP contribution in [0.1, 0.15) is 25.8 Å². The molecule has 1 fully saturated rings. The zero-order valence-corrected chi connectivity index (χ0v) is 16.5. The maximum absolute atomic E-state index is 11.8. The standard InChI is InChI=1S/C18H21NO5S2/c1-4-23-17(16(21)22-3)24-13-9-7-12(8-10-13)6-5-11(2)14-15(20)19-18(25)26-14/h7-10,17H,4-6H2,1-3H3,(H,19,20,25). The molecule has 0 radical (unpaired) electrons. The number of hydrogen-bond acceptors (Lipinski definition) is 7. The molecule has 1 N–H and O–H groups in total. The van der Waals surface area contributed by atoms with Gasteiger partial charge in [0.15, 0.2) is 0 Å². The van der Waals surface area contributed by atoms with Crippen LogP contribution in [-0.4, -0.2) is 36.2 Å². The lowest BCUT2D eigenvalue weighted by Gasteiger charge is -2.16. The third-order valence-corrected chi connectivity index (χ3v) is 5.05. The lowest BCUT2D eigenvalue weighted by molar-refractivity contribution is -0.173. The molecule has 140 valence electrons. The van der Waals surface area contributed by atoms with Crippen molar-refractivity contribution in [1.82, 2.24) is 5.32 Å². The van der Waals surface area contributed by atoms with Gasteiger partial charge < -0.3 is 19.5 Å². The van der Waals surface area contributed by atoms with Gasteiger partial charge in [0.2, 0.25) is 0 Å². The Morgan fingerprint density at radius 1 is 1.31 bits per heavy atom. The SMILES string of the molecule is CCOC(Oc1ccc(CCC(C)=C2SC(=S)NC2=O)cc1)C(=O)OC. The van der Waals surface area contributed by atoms with E-state index in [1.165, 1.54) is 18.9 Å². The summed E-state index contributed by atoms with van der Waals surface area (Å²) in [6.45, 7) is 4.05. The van der Waals surface area contributed by atoms with Gasteiger partial charge in [-0.3, -0.25) is 4.79 Å². The number of esters is 1. The molecule has 0 aromatic heterocycles. The molecular formula is C18H21NO5S2. The van der Waals surface area contributed by atoms with E-state index in [2.05, 4.69) is 10.1 Å². The van der Waals surface area contributed by atoms with Crippen molar-refractivity contribution < 1.29 is 23.8 Å². The van der Waals surface area contributed by atoms with E-state index >= 15 is 0 Å². The van der Waals surface area contributed by atoms with E-state index in [1.54, 1.807) is 19.1 Å². The minimum atomic E-state index is -1.08. The second kappa shape index (κ2) is 9.70. The van der Waals surface area contributed by atoms with Crippen LogP contribution in [0.3, 0.4) is 0 Å². The van der Waals surface area contributed by atoms with Gasteiger partial charge in [0.1, 0.15) is 10.1 Å². The Balaban J connectivity index is 1.95. The number of carbonyl (C=O) groups is 2. The van der Waals surface area contributed by atoms with Gasteiger partial charge in [0.05, 0.1) is 12.0 Å². The molecular weight excluding hydrogens is 374 g/mol. The van der Waals surface area contributed by atoms with E-state index in [0.29, 0.717) is 21.6 Å². The fourth-order valence-electron chi connectivity index (χ4n) is 2.30. The molecule has 1 aromatic rings. The normalized spacial score (nSPS) is 16.9. The topological polar surface area (TPSA) is 73.9 Å². The Hall–Kier alpha value is -1.90. The summed E-state index contributed by atoms with van der Waals surface area (Å²) in [7, 11) is 1.28. The third kappa shape index (κ3) is 5.55. The third-order valence-electron chi connectivity index (χ3n) is 3.67. The van der Waals surface area contributed by atoms with E-state index in [-0.39, 0.29) is 5.91 Å². The van der Waals surface area contributed by atoms with Gasteiger partial charge in [-0.1, -0.05) is 41.7 Å². The first-order valence-electron chi connectivity index (χ1n) is 8.12. The van der Waals surface area contributed by atoms with Crippen molar-refractivity contribution in [2.24, 2.45) is 0 Å². The number of thioether (sulfide) groups is 1. The lowest BCUT2D eigenvalue weighted by Crippen LogP contribution is -2.31. The Labute approximate surface area is 162 Å². The van der Waals surface area contributed by atoms with E-state index in [0.717, 1.165) is 24.0 Å². The number of rotatable bonds is 8. The molecule has 1 aliphatic heterocycles. The molecule has 1 unspecified atom stereocenters. The van der Waals surface area contributed by atoms with Gasteiger partial charge in [-0.25, -0.2) is 4.79 Å². The van der Waals surface area contributed by atoms with Crippen LogP contribution in [0.2, 0.25) is 0 Å². The maximum atomic E-state index is 11.8. The molecule has 0 bridgehead atoms. The number of carbonyl (C=O) groups excluding carboxylic acids is 2. The fraction of sp³-hybridized carbons (Fsp3) is 0.389. The molecule has 8 heteroatoms. The van der Waals surface area contributed by atoms with E-state index in [9.17, 15) is 9.59 Å². The second-order valence-electron chi connectivity index (χ2n) is 5.53. The zero-order chi connectivity index (χ0) is 19.1. The number of benzene rings is 1. The highest BCUT2D eigenvalue weighted by atomic mass is 32.2. The van der Waals surface area contributed by atoms with Gasteiger partial charge in [0, 0.05) is 6.61 Å². The molecule has 1 saturated heterocycles. The highest BCUT2D eigenvalue weighted by Crippen LogP contribution is 2.28. The van der Waals surface area contributed by atoms with Gasteiger partial charge >= 0.3 is 5.97 Å². The molecule has 1 atom stereocenters. The summed E-state index contributed by atoms with van der Waals surface area (Å²) in [5, 5.41) is 2.63. The smallest absolute Gasteiger partial charge is 0.376 e. The van der Waals surface area contributed by atoms with Crippen molar-refractivity contribution >= 4 is 40.2 Å². The number of amides is 1. The predicted molar refractivity (Wildman–Crippen MR) is 104 cm³/mol. The Morgan fingerprint density at radius 2 is 2.00 bits per heavy atom. The van der Waals surface area contributed by atoms with Gasteiger partial charge in [-0.05, 0) is 44.4 Å². The number of aryl methyl sites for hydroxylation is 1. The highest BCUT2D eigenvalue weighted by Gasteiger charge is 2.24. The quantitative estimate of drug-likeness (QED) is 0.314. The van der Waals surface area contributed by atoms with E-state index < -0.39 is 12.3 Å². The average Bonchev–Trinajstić information content (AvgIpc) is 2.98. The van der Waals surface area contributed by atoms with Crippen molar-refractivity contribution in [3.8, 4) is 5.75 Å². The molecule has 1 amide bonds. The maximum Gasteiger partial charge on any atom is 0.376 e. The summed E-state index contributed by atoms with van der Waals surface area (Å²) in [5.41, 5.74) is 2.10. The molecule has 1 aliphatic rings. The predicted octanol–water partition coefficient (Wildman–Crippen LogP) is 2.96. The Bertz CT molecular complexity index is 715. The van der Waals surface area contributed by atoms with E-state index in [1.807, 2.05) is 19.1 Å². The lowest BCUT2D eigenvalue weighted by atomic mass is 10.1. The van der Waals surface area contributed by atoms with Crippen LogP contribution >= 0.6 is 24.0 Å². The van der Waals surface area contributed by atoms with Gasteiger partial charge in [0.25, 0.3) is 12.2 Å². The summed E-state index contributed by atoms with van der Waals surface area (Å²) in [6, 6.07) is 7.39. The monoisotopic (exact) mass is 395 g/mol. The van der Waals surface area contributed by atoms with Crippen molar-refractivity contribution in [1.29, 1.82) is 0 Å². The largest absolute Gasteiger partial charge is 0.464 e. The molecule has 0 saturated carbocycles. The molecule has 1 aromatic carbocycles. The summed E-state index contributed by atoms with van der Waals surface area (Å²) in [4.78, 5) is 24.1. The Kier molecular flexibility index (Phi) is 7.62. The van der Waals surface area contributed by atoms with Crippen LogP contribution in [0, 0.1) is 0 Å². The van der Waals surface area contributed by atoms with Crippen molar-refractivity contribution in [2.75, 3.05) is 13.7 Å². The van der Waals surface area contributed by atoms with Crippen LogP contribution in [0.4, 0.5) is 0 Å². The van der Waals surface area contributed by atoms with Gasteiger partial charge in [-0.2, -0.15) is 0 Å². The highest BCUT2D eigenvalue weighted by molar-refractivity contribution is 8.26. The first-order valence-corrected chi connectivity index (χ1v) is 9.35. The van der Waals surface area contributed by atoms with Crippen LogP contribution < -0.4 is 10.1 Å². The first kappa shape index (κ1) is 20.4. The molecule has 0 aliphatic carbocycles. The average molecular weight is 396 g/mol. The zero-order valence-electron chi connectivity index (χ0n) is 14.9. The van der Waals surface area contributed by atoms with Crippen LogP contribution in [0.15, 0.2) is 34.7 Å². The fourth-order valence-corrected chi connectivity index (χ4v) is 3.39. The molecule has 2 rings (SSSR count). The summed E-state index contributed by atoms with van der Waals surface area (Å²) >= 11 is 6.31. The summed E-state index contributed by atoms with van der Waals surface area (Å²) in [6.07, 6.45) is 0.453. The summed E-state index contributed by atoms with van der Waals surface area (Å²) < 4.78 is 15.9. The minimum Gasteiger partial charge on any atom is -0.464 e. The van der Waals surface area contributed by atoms with Crippen molar-refractivity contribution in [2.45, 2.75) is 33.0 Å². The number of methoxy groups -OCH3 is 1. The van der Waals surface area contributed by atoms with Crippen LogP contribution in [0.5, 0.6) is 5.75 Å². The molecule has 0 spiro atoms. The minimum absolute atomic E-state index is 0.119. The molecule has 26 heavy (non-hydrogen) atoms. The first-order chi connectivity index (χ1) is 12.4. The summed E-state index contributed by atoms with van der Waals surface area (Å²) in [5.74, 6) is -0.182. The second-order valence-corrected chi connectivity index (χ2v) is 7.21. The molecule has 1 heterocycles. The van der Waals surface area contributed by atoms with Crippen LogP contribution in [0.25, 0.3) is 0 Å². The number of thiocarbonyl (C=S) groups is 1. The van der Waals surface area contributed by atoms with E-state index in [4.69, 9.17) is 21.7 Å². The van der Waals surface area contributed by atoms with Crippen molar-refractivity contribution in [3.63, 3.8) is 0 Å². The number of nitrogens with one attached hydrogen (secondary N) is 1.